The Morgan fingerprint density at radius 3 is 2.33 bits per heavy atom. The molecule has 0 aromatic heterocycles. The zero-order chi connectivity index (χ0) is 13.3. The molecule has 3 N–H and O–H groups in total. The van der Waals surface area contributed by atoms with Crippen LogP contribution in [0.5, 0.6) is 11.5 Å². The maximum absolute atomic E-state index is 12.9. The van der Waals surface area contributed by atoms with E-state index in [2.05, 4.69) is 0 Å². The fraction of sp³-hybridized carbons (Fsp3) is 0.364. The van der Waals surface area contributed by atoms with E-state index in [4.69, 9.17) is 20.3 Å². The maximum atomic E-state index is 12.9. The summed E-state index contributed by atoms with van der Waals surface area (Å²) in [6.45, 7) is -0.337. The van der Waals surface area contributed by atoms with Gasteiger partial charge in [0.1, 0.15) is 0 Å². The van der Waals surface area contributed by atoms with Gasteiger partial charge in [-0.1, -0.05) is 0 Å². The molecule has 0 saturated carbocycles. The van der Waals surface area contributed by atoms with Crippen molar-refractivity contribution in [3.05, 3.63) is 23.3 Å². The number of alkyl halides is 2. The minimum absolute atomic E-state index is 0.0377. The highest BCUT2D eigenvalue weighted by Gasteiger charge is 2.28. The third-order valence-electron chi connectivity index (χ3n) is 2.72. The van der Waals surface area contributed by atoms with E-state index < -0.39 is 23.9 Å². The summed E-state index contributed by atoms with van der Waals surface area (Å²) < 4.78 is 35.9. The maximum Gasteiger partial charge on any atom is 0.312 e. The molecule has 98 valence electrons. The Balaban J connectivity index is 2.53. The highest BCUT2D eigenvalue weighted by molar-refractivity contribution is 5.77. The van der Waals surface area contributed by atoms with Crippen molar-refractivity contribution in [3.63, 3.8) is 0 Å². The van der Waals surface area contributed by atoms with E-state index in [-0.39, 0.29) is 30.4 Å². The summed E-state index contributed by atoms with van der Waals surface area (Å²) in [4.78, 5) is 11.0. The van der Waals surface area contributed by atoms with E-state index in [9.17, 15) is 13.6 Å². The van der Waals surface area contributed by atoms with Crippen molar-refractivity contribution in [3.8, 4) is 11.5 Å². The van der Waals surface area contributed by atoms with Gasteiger partial charge < -0.3 is 20.3 Å². The largest absolute Gasteiger partial charge is 0.481 e. The average Bonchev–Trinajstić information content (AvgIpc) is 2.75. The molecule has 0 spiro atoms. The summed E-state index contributed by atoms with van der Waals surface area (Å²) in [7, 11) is 0. The van der Waals surface area contributed by atoms with Crippen LogP contribution in [0.25, 0.3) is 0 Å². The third-order valence-corrected chi connectivity index (χ3v) is 2.72. The Morgan fingerprint density at radius 2 is 1.89 bits per heavy atom. The molecule has 0 fully saturated rings. The third kappa shape index (κ3) is 2.08. The topological polar surface area (TPSA) is 81.8 Å². The van der Waals surface area contributed by atoms with E-state index in [0.717, 1.165) is 6.07 Å². The highest BCUT2D eigenvalue weighted by atomic mass is 19.3. The first-order valence-corrected chi connectivity index (χ1v) is 5.19. The van der Waals surface area contributed by atoms with Crippen LogP contribution in [0.3, 0.4) is 0 Å². The molecule has 1 aliphatic heterocycles. The molecule has 1 aliphatic rings. The second-order valence-electron chi connectivity index (χ2n) is 3.76. The van der Waals surface area contributed by atoms with Crippen molar-refractivity contribution in [1.29, 1.82) is 0 Å². The zero-order valence-corrected chi connectivity index (χ0v) is 9.23. The predicted octanol–water partition coefficient (Wildman–Crippen LogP) is 1.48. The number of benzene rings is 1. The summed E-state index contributed by atoms with van der Waals surface area (Å²) in [5, 5.41) is 8.98. The second-order valence-corrected chi connectivity index (χ2v) is 3.76. The lowest BCUT2D eigenvalue weighted by Gasteiger charge is -2.15. The monoisotopic (exact) mass is 259 g/mol. The van der Waals surface area contributed by atoms with Crippen LogP contribution in [0.1, 0.15) is 23.5 Å². The smallest absolute Gasteiger partial charge is 0.312 e. The van der Waals surface area contributed by atoms with Gasteiger partial charge in [0, 0.05) is 12.1 Å². The number of rotatable bonds is 4. The Labute approximate surface area is 101 Å². The summed E-state index contributed by atoms with van der Waals surface area (Å²) in [5.41, 5.74) is 4.89. The van der Waals surface area contributed by atoms with Crippen molar-refractivity contribution in [2.24, 2.45) is 5.73 Å². The Kier molecular flexibility index (Phi) is 3.33. The van der Waals surface area contributed by atoms with Gasteiger partial charge in [-0.25, -0.2) is 8.78 Å². The van der Waals surface area contributed by atoms with E-state index in [1.54, 1.807) is 0 Å². The lowest BCUT2D eigenvalue weighted by molar-refractivity contribution is -0.138. The van der Waals surface area contributed by atoms with Crippen molar-refractivity contribution >= 4 is 5.97 Å². The van der Waals surface area contributed by atoms with Crippen LogP contribution in [0, 0.1) is 0 Å². The van der Waals surface area contributed by atoms with Crippen LogP contribution in [0.4, 0.5) is 8.78 Å². The molecule has 0 saturated heterocycles. The second kappa shape index (κ2) is 4.77. The van der Waals surface area contributed by atoms with E-state index in [1.807, 2.05) is 0 Å². The average molecular weight is 259 g/mol. The van der Waals surface area contributed by atoms with Gasteiger partial charge in [0.2, 0.25) is 6.79 Å². The fourth-order valence-corrected chi connectivity index (χ4v) is 1.82. The van der Waals surface area contributed by atoms with Crippen LogP contribution in [-0.2, 0) is 4.79 Å². The minimum atomic E-state index is -2.80. The van der Waals surface area contributed by atoms with Gasteiger partial charge >= 0.3 is 5.97 Å². The number of halogens is 2. The Bertz CT molecular complexity index is 478. The first-order valence-electron chi connectivity index (χ1n) is 5.19. The molecule has 0 radical (unpaired) electrons. The van der Waals surface area contributed by atoms with Gasteiger partial charge in [0.15, 0.2) is 11.5 Å². The van der Waals surface area contributed by atoms with Crippen LogP contribution < -0.4 is 15.2 Å². The molecule has 1 unspecified atom stereocenters. The zero-order valence-electron chi connectivity index (χ0n) is 9.23. The molecule has 0 bridgehead atoms. The summed E-state index contributed by atoms with van der Waals surface area (Å²) in [6, 6.07) is 2.36. The van der Waals surface area contributed by atoms with Crippen molar-refractivity contribution < 1.29 is 28.2 Å². The minimum Gasteiger partial charge on any atom is -0.481 e. The molecule has 1 aromatic rings. The van der Waals surface area contributed by atoms with Gasteiger partial charge in [0.25, 0.3) is 6.43 Å². The quantitative estimate of drug-likeness (QED) is 0.855. The number of carboxylic acid groups (broad SMARTS) is 1. The molecule has 1 atom stereocenters. The van der Waals surface area contributed by atoms with E-state index >= 15 is 0 Å². The normalized spacial score (nSPS) is 14.9. The molecule has 7 heteroatoms. The van der Waals surface area contributed by atoms with Gasteiger partial charge in [-0.3, -0.25) is 4.79 Å². The van der Waals surface area contributed by atoms with Crippen LogP contribution in [-0.4, -0.2) is 24.4 Å². The molecular formula is C11H11F2NO4. The number of carbonyl (C=O) groups is 1. The van der Waals surface area contributed by atoms with Crippen LogP contribution in [0.15, 0.2) is 12.1 Å². The number of fused-ring (bicyclic) bond motifs is 1. The van der Waals surface area contributed by atoms with Crippen molar-refractivity contribution in [2.45, 2.75) is 12.3 Å². The summed E-state index contributed by atoms with van der Waals surface area (Å²) in [5.74, 6) is -1.99. The number of hydrogen-bond donors (Lipinski definition) is 2. The van der Waals surface area contributed by atoms with Gasteiger partial charge in [0.05, 0.1) is 5.92 Å². The number of aliphatic carboxylic acids is 1. The SMILES string of the molecule is NCC(C(=O)O)c1cc2c(cc1C(F)F)OCO2. The summed E-state index contributed by atoms with van der Waals surface area (Å²) >= 11 is 0. The number of ether oxygens (including phenoxy) is 2. The van der Waals surface area contributed by atoms with Gasteiger partial charge in [-0.15, -0.1) is 0 Å². The van der Waals surface area contributed by atoms with Crippen molar-refractivity contribution in [1.82, 2.24) is 0 Å². The van der Waals surface area contributed by atoms with Crippen molar-refractivity contribution in [2.75, 3.05) is 13.3 Å². The van der Waals surface area contributed by atoms with E-state index in [0.29, 0.717) is 0 Å². The molecule has 1 heterocycles. The fourth-order valence-electron chi connectivity index (χ4n) is 1.82. The lowest BCUT2D eigenvalue weighted by Crippen LogP contribution is -2.22. The Hall–Kier alpha value is -1.89. The summed E-state index contributed by atoms with van der Waals surface area (Å²) in [6.07, 6.45) is -2.80. The molecule has 2 rings (SSSR count). The first-order chi connectivity index (χ1) is 8.54. The predicted molar refractivity (Wildman–Crippen MR) is 57.0 cm³/mol. The first kappa shape index (κ1) is 12.6. The van der Waals surface area contributed by atoms with E-state index in [1.165, 1.54) is 6.07 Å². The Morgan fingerprint density at radius 1 is 1.33 bits per heavy atom. The highest BCUT2D eigenvalue weighted by Crippen LogP contribution is 2.40. The van der Waals surface area contributed by atoms with Gasteiger partial charge in [-0.2, -0.15) is 0 Å². The molecule has 1 aromatic carbocycles. The van der Waals surface area contributed by atoms with Gasteiger partial charge in [-0.05, 0) is 17.7 Å². The molecule has 0 aliphatic carbocycles. The molecule has 0 amide bonds. The number of nitrogens with two attached hydrogens (primary N) is 1. The lowest BCUT2D eigenvalue weighted by atomic mass is 9.93. The standard InChI is InChI=1S/C11H11F2NO4/c12-10(13)6-2-9-8(17-4-18-9)1-5(6)7(3-14)11(15)16/h1-2,7,10H,3-4,14H2,(H,15,16). The number of carboxylic acids is 1. The van der Waals surface area contributed by atoms with Crippen LogP contribution in [0.2, 0.25) is 0 Å². The molecular weight excluding hydrogens is 248 g/mol. The molecule has 5 nitrogen and oxygen atoms in total. The van der Waals surface area contributed by atoms with Crippen LogP contribution >= 0.6 is 0 Å². The molecule has 18 heavy (non-hydrogen) atoms. The number of hydrogen-bond acceptors (Lipinski definition) is 4.